The minimum Gasteiger partial charge on any atom is -0.506 e. The van der Waals surface area contributed by atoms with Gasteiger partial charge >= 0.3 is 0 Å². The average Bonchev–Trinajstić information content (AvgIpc) is 2.33. The normalized spacial score (nSPS) is 11.1. The lowest BCUT2D eigenvalue weighted by molar-refractivity contribution is 0.471. The Kier molecular flexibility index (Phi) is 3.77. The standard InChI is InChI=1S/C14H11BrFNO/c1-9-6-10(14(18)11(15)7-9)8-17-13-5-3-2-4-12(13)16/h2-8,18H,1H3/b17-8+. The molecule has 0 unspecified atom stereocenters. The summed E-state index contributed by atoms with van der Waals surface area (Å²) in [4.78, 5) is 4.04. The molecule has 1 N–H and O–H groups in total. The van der Waals surface area contributed by atoms with Crippen LogP contribution in [0.3, 0.4) is 0 Å². The highest BCUT2D eigenvalue weighted by Gasteiger charge is 2.05. The van der Waals surface area contributed by atoms with Gasteiger partial charge in [-0.1, -0.05) is 12.1 Å². The summed E-state index contributed by atoms with van der Waals surface area (Å²) in [6, 6.07) is 9.82. The number of aliphatic imine (C=N–C) groups is 1. The molecule has 0 aliphatic rings. The fourth-order valence-electron chi connectivity index (χ4n) is 1.56. The Morgan fingerprint density at radius 1 is 1.28 bits per heavy atom. The van der Waals surface area contributed by atoms with E-state index in [1.54, 1.807) is 30.3 Å². The molecule has 92 valence electrons. The molecule has 2 aromatic carbocycles. The zero-order valence-electron chi connectivity index (χ0n) is 9.69. The highest BCUT2D eigenvalue weighted by Crippen LogP contribution is 2.28. The SMILES string of the molecule is Cc1cc(Br)c(O)c(/C=N/c2ccccc2F)c1. The first kappa shape index (κ1) is 12.8. The Morgan fingerprint density at radius 2 is 2.00 bits per heavy atom. The molecule has 2 aromatic rings. The highest BCUT2D eigenvalue weighted by molar-refractivity contribution is 9.10. The van der Waals surface area contributed by atoms with Crippen LogP contribution in [0.1, 0.15) is 11.1 Å². The maximum Gasteiger partial charge on any atom is 0.148 e. The van der Waals surface area contributed by atoms with Crippen LogP contribution in [0.2, 0.25) is 0 Å². The highest BCUT2D eigenvalue weighted by atomic mass is 79.9. The van der Waals surface area contributed by atoms with Crippen LogP contribution >= 0.6 is 15.9 Å². The van der Waals surface area contributed by atoms with Gasteiger partial charge in [-0.05, 0) is 52.7 Å². The van der Waals surface area contributed by atoms with Crippen LogP contribution in [0.5, 0.6) is 5.75 Å². The molecule has 4 heteroatoms. The number of halogens is 2. The first-order valence-corrected chi connectivity index (χ1v) is 6.15. The number of para-hydroxylation sites is 1. The van der Waals surface area contributed by atoms with E-state index in [0.717, 1.165) is 5.56 Å². The Balaban J connectivity index is 2.38. The Morgan fingerprint density at radius 3 is 2.72 bits per heavy atom. The van der Waals surface area contributed by atoms with Gasteiger partial charge in [-0.25, -0.2) is 4.39 Å². The third-order valence-electron chi connectivity index (χ3n) is 2.43. The van der Waals surface area contributed by atoms with Crippen molar-refractivity contribution in [2.75, 3.05) is 0 Å². The van der Waals surface area contributed by atoms with E-state index in [1.165, 1.54) is 12.3 Å². The Bertz CT molecular complexity index is 611. The van der Waals surface area contributed by atoms with Gasteiger partial charge in [0, 0.05) is 11.8 Å². The number of hydrogen-bond donors (Lipinski definition) is 1. The van der Waals surface area contributed by atoms with Crippen molar-refractivity contribution >= 4 is 27.8 Å². The molecule has 0 spiro atoms. The third kappa shape index (κ3) is 2.76. The summed E-state index contributed by atoms with van der Waals surface area (Å²) in [5.74, 6) is -0.291. The van der Waals surface area contributed by atoms with E-state index >= 15 is 0 Å². The minimum absolute atomic E-state index is 0.0979. The predicted octanol–water partition coefficient (Wildman–Crippen LogP) is 4.35. The van der Waals surface area contributed by atoms with Gasteiger partial charge in [-0.15, -0.1) is 0 Å². The van der Waals surface area contributed by atoms with Gasteiger partial charge in [-0.2, -0.15) is 0 Å². The van der Waals surface area contributed by atoms with Gasteiger partial charge in [0.1, 0.15) is 11.6 Å². The maximum atomic E-state index is 13.4. The second-order valence-electron chi connectivity index (χ2n) is 3.89. The molecule has 0 aliphatic carbocycles. The lowest BCUT2D eigenvalue weighted by Gasteiger charge is -2.03. The van der Waals surface area contributed by atoms with Gasteiger partial charge in [-0.3, -0.25) is 4.99 Å². The van der Waals surface area contributed by atoms with Crippen LogP contribution in [-0.2, 0) is 0 Å². The Hall–Kier alpha value is -1.68. The molecule has 18 heavy (non-hydrogen) atoms. The van der Waals surface area contributed by atoms with Crippen LogP contribution in [-0.4, -0.2) is 11.3 Å². The van der Waals surface area contributed by atoms with Crippen molar-refractivity contribution in [1.29, 1.82) is 0 Å². The zero-order chi connectivity index (χ0) is 13.1. The summed E-state index contributed by atoms with van der Waals surface area (Å²) in [7, 11) is 0. The van der Waals surface area contributed by atoms with Crippen LogP contribution < -0.4 is 0 Å². The molecular weight excluding hydrogens is 297 g/mol. The van der Waals surface area contributed by atoms with Crippen molar-refractivity contribution < 1.29 is 9.50 Å². The summed E-state index contributed by atoms with van der Waals surface area (Å²) in [6.45, 7) is 1.91. The largest absolute Gasteiger partial charge is 0.506 e. The molecule has 0 fully saturated rings. The van der Waals surface area contributed by atoms with Crippen LogP contribution in [0.25, 0.3) is 0 Å². The molecule has 0 atom stereocenters. The van der Waals surface area contributed by atoms with E-state index in [-0.39, 0.29) is 17.3 Å². The summed E-state index contributed by atoms with van der Waals surface area (Å²) in [5, 5.41) is 9.84. The van der Waals surface area contributed by atoms with E-state index < -0.39 is 0 Å². The number of phenolic OH excluding ortho intramolecular Hbond substituents is 1. The Labute approximate surface area is 113 Å². The zero-order valence-corrected chi connectivity index (χ0v) is 11.3. The number of phenols is 1. The molecule has 0 aromatic heterocycles. The lowest BCUT2D eigenvalue weighted by atomic mass is 10.1. The topological polar surface area (TPSA) is 32.6 Å². The van der Waals surface area contributed by atoms with Gasteiger partial charge in [0.2, 0.25) is 0 Å². The molecule has 0 heterocycles. The number of benzene rings is 2. The smallest absolute Gasteiger partial charge is 0.148 e. The molecule has 2 rings (SSSR count). The van der Waals surface area contributed by atoms with Gasteiger partial charge in [0.25, 0.3) is 0 Å². The second kappa shape index (κ2) is 5.31. The summed E-state index contributed by atoms with van der Waals surface area (Å²) in [5.41, 5.74) is 1.77. The fourth-order valence-corrected chi connectivity index (χ4v) is 2.15. The van der Waals surface area contributed by atoms with E-state index in [4.69, 9.17) is 0 Å². The van der Waals surface area contributed by atoms with Crippen LogP contribution in [0.4, 0.5) is 10.1 Å². The number of aryl methyl sites for hydroxylation is 1. The molecular formula is C14H11BrFNO. The quantitative estimate of drug-likeness (QED) is 0.822. The van der Waals surface area contributed by atoms with E-state index in [0.29, 0.717) is 10.0 Å². The predicted molar refractivity (Wildman–Crippen MR) is 74.2 cm³/mol. The van der Waals surface area contributed by atoms with Crippen molar-refractivity contribution in [3.63, 3.8) is 0 Å². The summed E-state index contributed by atoms with van der Waals surface area (Å²) < 4.78 is 14.0. The van der Waals surface area contributed by atoms with Gasteiger partial charge < -0.3 is 5.11 Å². The maximum absolute atomic E-state index is 13.4. The van der Waals surface area contributed by atoms with Crippen molar-refractivity contribution in [2.24, 2.45) is 4.99 Å². The average molecular weight is 308 g/mol. The summed E-state index contributed by atoms with van der Waals surface area (Å²) >= 11 is 3.25. The van der Waals surface area contributed by atoms with E-state index in [1.807, 2.05) is 6.92 Å². The van der Waals surface area contributed by atoms with Gasteiger partial charge in [0.05, 0.1) is 10.2 Å². The fraction of sp³-hybridized carbons (Fsp3) is 0.0714. The van der Waals surface area contributed by atoms with E-state index in [9.17, 15) is 9.50 Å². The molecule has 0 bridgehead atoms. The minimum atomic E-state index is -0.389. The van der Waals surface area contributed by atoms with Crippen LogP contribution in [0.15, 0.2) is 45.9 Å². The van der Waals surface area contributed by atoms with Crippen molar-refractivity contribution in [1.82, 2.24) is 0 Å². The number of rotatable bonds is 2. The van der Waals surface area contributed by atoms with Gasteiger partial charge in [0.15, 0.2) is 0 Å². The molecule has 0 saturated carbocycles. The van der Waals surface area contributed by atoms with Crippen molar-refractivity contribution in [3.05, 3.63) is 57.8 Å². The molecule has 0 amide bonds. The van der Waals surface area contributed by atoms with Crippen molar-refractivity contribution in [2.45, 2.75) is 6.92 Å². The number of hydrogen-bond acceptors (Lipinski definition) is 2. The second-order valence-corrected chi connectivity index (χ2v) is 4.75. The number of nitrogens with zero attached hydrogens (tertiary/aromatic N) is 1. The molecule has 0 radical (unpaired) electrons. The number of aromatic hydroxyl groups is 1. The first-order chi connectivity index (χ1) is 8.58. The molecule has 2 nitrogen and oxygen atoms in total. The first-order valence-electron chi connectivity index (χ1n) is 5.35. The third-order valence-corrected chi connectivity index (χ3v) is 3.04. The molecule has 0 saturated heterocycles. The lowest BCUT2D eigenvalue weighted by Crippen LogP contribution is -1.86. The molecule has 0 aliphatic heterocycles. The summed E-state index contributed by atoms with van der Waals surface area (Å²) in [6.07, 6.45) is 1.45. The van der Waals surface area contributed by atoms with Crippen molar-refractivity contribution in [3.8, 4) is 5.75 Å². The van der Waals surface area contributed by atoms with E-state index in [2.05, 4.69) is 20.9 Å². The monoisotopic (exact) mass is 307 g/mol. The van der Waals surface area contributed by atoms with Crippen LogP contribution in [0, 0.1) is 12.7 Å².